The van der Waals surface area contributed by atoms with E-state index in [0.29, 0.717) is 0 Å². The predicted molar refractivity (Wildman–Crippen MR) is 263 cm³/mol. The van der Waals surface area contributed by atoms with Crippen molar-refractivity contribution in [2.75, 3.05) is 0 Å². The normalized spacial score (nSPS) is 11.3. The summed E-state index contributed by atoms with van der Waals surface area (Å²) in [6.45, 7) is 0. The third-order valence-corrected chi connectivity index (χ3v) is 12.1. The van der Waals surface area contributed by atoms with E-state index in [-0.39, 0.29) is 20.1 Å². The van der Waals surface area contributed by atoms with Gasteiger partial charge in [0, 0.05) is 42.9 Å². The molecule has 13 rings (SSSR count). The van der Waals surface area contributed by atoms with Gasteiger partial charge < -0.3 is 19.0 Å². The Kier molecular flexibility index (Phi) is 10.9. The molecule has 0 aliphatic heterocycles. The van der Waals surface area contributed by atoms with E-state index in [0.717, 1.165) is 112 Å². The minimum absolute atomic E-state index is 0. The Bertz CT molecular complexity index is 3870. The van der Waals surface area contributed by atoms with Gasteiger partial charge in [0.2, 0.25) is 5.78 Å². The van der Waals surface area contributed by atoms with Crippen molar-refractivity contribution in [1.29, 1.82) is 0 Å². The number of hydrogen-bond acceptors (Lipinski definition) is 5. The first-order valence-corrected chi connectivity index (χ1v) is 21.8. The van der Waals surface area contributed by atoms with Gasteiger partial charge in [-0.05, 0) is 77.5 Å². The van der Waals surface area contributed by atoms with Crippen LogP contribution >= 0.6 is 0 Å². The first kappa shape index (κ1) is 41.5. The molecule has 0 N–H and O–H groups in total. The molecule has 0 saturated heterocycles. The van der Waals surface area contributed by atoms with Gasteiger partial charge in [-0.1, -0.05) is 94.9 Å². The molecule has 0 unspecified atom stereocenters. The molecule has 8 nitrogen and oxygen atoms in total. The van der Waals surface area contributed by atoms with E-state index in [9.17, 15) is 0 Å². The van der Waals surface area contributed by atoms with Crippen LogP contribution in [0.4, 0.5) is 0 Å². The van der Waals surface area contributed by atoms with Gasteiger partial charge in [-0.25, -0.2) is 4.98 Å². The van der Waals surface area contributed by atoms with E-state index in [1.54, 1.807) is 6.20 Å². The summed E-state index contributed by atoms with van der Waals surface area (Å²) in [5.41, 5.74) is 16.3. The molecule has 6 aromatic heterocycles. The Hall–Kier alpha value is -8.23. The molecular formula is C58H38IrN7O. The molecule has 67 heavy (non-hydrogen) atoms. The molecule has 0 aliphatic rings. The van der Waals surface area contributed by atoms with E-state index in [4.69, 9.17) is 14.4 Å². The number of benzene rings is 7. The van der Waals surface area contributed by atoms with Gasteiger partial charge in [0.1, 0.15) is 5.58 Å². The zero-order valence-electron chi connectivity index (χ0n) is 36.1. The van der Waals surface area contributed by atoms with E-state index < -0.39 is 0 Å². The first-order chi connectivity index (χ1) is 32.7. The van der Waals surface area contributed by atoms with Gasteiger partial charge in [0.05, 0.1) is 33.5 Å². The molecule has 13 aromatic rings. The number of nitrogens with zero attached hydrogens (tertiary/aromatic N) is 7. The standard InChI is InChI=1S/C42H27N5.C16H11N2O.Ir/c1-3-12-30(13-4-1)40-33(16-11-25-44-40)26-29-22-23-37-39(27-29)47-41-35(31-14-9-15-32(28-31)36-20-7-8-24-43-36)19-10-21-38(41)46(42(47)45-37)34-17-5-2-6-18-34;1-18-10-9-17-16(18)13-7-4-6-12-11-5-2-3-8-14(11)19-15(12)13;/h1-12,14,16-25,27-28H,26H2;2-6,8-10H,1H3;/q-2;-1;+3. The quantitative estimate of drug-likeness (QED) is 0.149. The van der Waals surface area contributed by atoms with E-state index in [2.05, 4.69) is 128 Å². The zero-order chi connectivity index (χ0) is 44.0. The Morgan fingerprint density at radius 3 is 2.30 bits per heavy atom. The summed E-state index contributed by atoms with van der Waals surface area (Å²) in [4.78, 5) is 18.9. The largest absolute Gasteiger partial charge is 3.00 e. The summed E-state index contributed by atoms with van der Waals surface area (Å²) in [6, 6.07) is 70.0. The van der Waals surface area contributed by atoms with Gasteiger partial charge in [0.25, 0.3) is 0 Å². The second-order valence-electron chi connectivity index (χ2n) is 16.1. The van der Waals surface area contributed by atoms with Crippen LogP contribution in [0.25, 0.3) is 100 Å². The fourth-order valence-electron chi connectivity index (χ4n) is 9.06. The molecule has 0 fully saturated rings. The number of para-hydroxylation sites is 3. The van der Waals surface area contributed by atoms with Crippen LogP contribution in [0, 0.1) is 18.2 Å². The number of imidazole rings is 3. The van der Waals surface area contributed by atoms with Crippen LogP contribution in [0.1, 0.15) is 11.1 Å². The zero-order valence-corrected chi connectivity index (χ0v) is 38.5. The topological polar surface area (TPSA) is 79.0 Å². The molecule has 6 heterocycles. The molecule has 0 aliphatic carbocycles. The minimum atomic E-state index is 0. The van der Waals surface area contributed by atoms with Crippen LogP contribution in [0.3, 0.4) is 0 Å². The van der Waals surface area contributed by atoms with Crippen LogP contribution in [-0.4, -0.2) is 33.5 Å². The van der Waals surface area contributed by atoms with Crippen molar-refractivity contribution < 1.29 is 24.5 Å². The Balaban J connectivity index is 0.000000206. The summed E-state index contributed by atoms with van der Waals surface area (Å²) >= 11 is 0. The van der Waals surface area contributed by atoms with Crippen LogP contribution in [0.15, 0.2) is 205 Å². The van der Waals surface area contributed by atoms with Gasteiger partial charge in [-0.2, -0.15) is 0 Å². The number of pyridine rings is 2. The second-order valence-corrected chi connectivity index (χ2v) is 16.1. The molecular weight excluding hydrogens is 1000 g/mol. The molecule has 0 spiro atoms. The summed E-state index contributed by atoms with van der Waals surface area (Å²) in [7, 11) is 1.97. The summed E-state index contributed by atoms with van der Waals surface area (Å²) in [6.07, 6.45) is 8.11. The van der Waals surface area contributed by atoms with Crippen LogP contribution in [0.5, 0.6) is 0 Å². The van der Waals surface area contributed by atoms with Gasteiger partial charge >= 0.3 is 20.1 Å². The van der Waals surface area contributed by atoms with E-state index >= 15 is 0 Å². The van der Waals surface area contributed by atoms with Gasteiger partial charge in [-0.3, -0.25) is 14.0 Å². The van der Waals surface area contributed by atoms with Crippen molar-refractivity contribution in [3.63, 3.8) is 0 Å². The van der Waals surface area contributed by atoms with Crippen molar-refractivity contribution in [3.8, 4) is 50.7 Å². The smallest absolute Gasteiger partial charge is 0.501 e. The Morgan fingerprint density at radius 2 is 1.45 bits per heavy atom. The van der Waals surface area contributed by atoms with Crippen LogP contribution in [0.2, 0.25) is 0 Å². The molecule has 7 aromatic carbocycles. The molecule has 320 valence electrons. The predicted octanol–water partition coefficient (Wildman–Crippen LogP) is 13.2. The fourth-order valence-corrected chi connectivity index (χ4v) is 9.06. The Morgan fingerprint density at radius 1 is 0.612 bits per heavy atom. The first-order valence-electron chi connectivity index (χ1n) is 21.8. The third-order valence-electron chi connectivity index (χ3n) is 12.1. The second kappa shape index (κ2) is 17.6. The Labute approximate surface area is 399 Å². The van der Waals surface area contributed by atoms with Gasteiger partial charge in [0.15, 0.2) is 0 Å². The average Bonchev–Trinajstić information content (AvgIpc) is 4.16. The maximum Gasteiger partial charge on any atom is 3.00 e. The van der Waals surface area contributed by atoms with Gasteiger partial charge in [-0.15, -0.1) is 83.9 Å². The number of hydrogen-bond donors (Lipinski definition) is 0. The van der Waals surface area contributed by atoms with E-state index in [1.165, 1.54) is 5.56 Å². The summed E-state index contributed by atoms with van der Waals surface area (Å²) in [5.74, 6) is 1.74. The number of aromatic nitrogens is 7. The molecule has 0 radical (unpaired) electrons. The molecule has 0 bridgehead atoms. The van der Waals surface area contributed by atoms with Crippen molar-refractivity contribution in [3.05, 3.63) is 230 Å². The molecule has 9 heteroatoms. The molecule has 0 saturated carbocycles. The monoisotopic (exact) mass is 1040 g/mol. The van der Waals surface area contributed by atoms with Crippen LogP contribution in [-0.2, 0) is 33.6 Å². The maximum absolute atomic E-state index is 5.98. The number of fused-ring (bicyclic) bond motifs is 8. The minimum Gasteiger partial charge on any atom is -0.501 e. The fraction of sp³-hybridized carbons (Fsp3) is 0.0345. The third kappa shape index (κ3) is 7.50. The summed E-state index contributed by atoms with van der Waals surface area (Å²) < 4.78 is 12.5. The number of furan rings is 1. The van der Waals surface area contributed by atoms with Crippen molar-refractivity contribution >= 4 is 49.8 Å². The number of aryl methyl sites for hydroxylation is 1. The van der Waals surface area contributed by atoms with Crippen molar-refractivity contribution in [2.24, 2.45) is 7.05 Å². The SMILES string of the molecule is Cn1ccnc1-c1[c-]ccc2c1oc1ccccc12.[Ir+3].[c-]1ccc(-c2cccc3c2n2c4cc(Cc5cccnc5-c5[c-]cccc5)ccc4nc2n3-c2ccccc2)cc1-c1ccccn1. The van der Waals surface area contributed by atoms with Crippen molar-refractivity contribution in [1.82, 2.24) is 33.5 Å². The average molecular weight is 1040 g/mol. The van der Waals surface area contributed by atoms with Crippen LogP contribution < -0.4 is 0 Å². The molecule has 0 amide bonds. The number of rotatable bonds is 7. The maximum atomic E-state index is 5.98. The summed E-state index contributed by atoms with van der Waals surface area (Å²) in [5, 5.41) is 2.23. The molecule has 0 atom stereocenters. The van der Waals surface area contributed by atoms with E-state index in [1.807, 2.05) is 115 Å². The van der Waals surface area contributed by atoms with Crippen molar-refractivity contribution in [2.45, 2.75) is 6.42 Å².